The van der Waals surface area contributed by atoms with Crippen molar-refractivity contribution in [2.75, 3.05) is 13.4 Å². The Bertz CT molecular complexity index is 527. The van der Waals surface area contributed by atoms with Gasteiger partial charge < -0.3 is 10.1 Å². The first-order chi connectivity index (χ1) is 9.00. The molecule has 1 aliphatic carbocycles. The van der Waals surface area contributed by atoms with Crippen LogP contribution in [0, 0.1) is 0 Å². The number of hydrogen-bond donors (Lipinski definition) is 1. The summed E-state index contributed by atoms with van der Waals surface area (Å²) in [6.45, 7) is 0.674. The molecule has 0 saturated heterocycles. The van der Waals surface area contributed by atoms with E-state index < -0.39 is 9.84 Å². The van der Waals surface area contributed by atoms with Gasteiger partial charge in [-0.1, -0.05) is 18.6 Å². The van der Waals surface area contributed by atoms with Crippen LogP contribution in [-0.2, 0) is 16.4 Å². The zero-order valence-electron chi connectivity index (χ0n) is 11.4. The summed E-state index contributed by atoms with van der Waals surface area (Å²) in [6.07, 6.45) is 4.02. The lowest BCUT2D eigenvalue weighted by Crippen LogP contribution is -2.39. The fraction of sp³-hybridized carbons (Fsp3) is 0.571. The van der Waals surface area contributed by atoms with Crippen LogP contribution in [0.15, 0.2) is 24.3 Å². The molecule has 106 valence electrons. The van der Waals surface area contributed by atoms with Gasteiger partial charge in [-0.2, -0.15) is 0 Å². The van der Waals surface area contributed by atoms with Crippen LogP contribution in [0.25, 0.3) is 0 Å². The second kappa shape index (κ2) is 5.92. The molecule has 0 amide bonds. The van der Waals surface area contributed by atoms with E-state index in [4.69, 9.17) is 4.74 Å². The Balaban J connectivity index is 1.98. The Morgan fingerprint density at radius 3 is 2.84 bits per heavy atom. The predicted molar refractivity (Wildman–Crippen MR) is 76.1 cm³/mol. The number of sulfone groups is 1. The lowest BCUT2D eigenvalue weighted by molar-refractivity contribution is 0.413. The van der Waals surface area contributed by atoms with Gasteiger partial charge in [0.05, 0.1) is 12.4 Å². The zero-order chi connectivity index (χ0) is 13.9. The highest BCUT2D eigenvalue weighted by molar-refractivity contribution is 7.91. The van der Waals surface area contributed by atoms with E-state index in [1.807, 2.05) is 24.3 Å². The number of benzene rings is 1. The van der Waals surface area contributed by atoms with Gasteiger partial charge in [-0.3, -0.25) is 0 Å². The van der Waals surface area contributed by atoms with Crippen LogP contribution in [0.1, 0.15) is 24.8 Å². The molecule has 0 radical (unpaired) electrons. The minimum atomic E-state index is -2.96. The first kappa shape index (κ1) is 14.3. The monoisotopic (exact) mass is 283 g/mol. The molecule has 0 heterocycles. The highest BCUT2D eigenvalue weighted by atomic mass is 32.2. The van der Waals surface area contributed by atoms with Gasteiger partial charge in [0.2, 0.25) is 0 Å². The van der Waals surface area contributed by atoms with Crippen molar-refractivity contribution < 1.29 is 13.2 Å². The lowest BCUT2D eigenvalue weighted by atomic mass is 10.2. The van der Waals surface area contributed by atoms with Crippen LogP contribution in [-0.4, -0.2) is 33.1 Å². The highest BCUT2D eigenvalue weighted by Crippen LogP contribution is 2.25. The van der Waals surface area contributed by atoms with E-state index in [1.54, 1.807) is 7.11 Å². The first-order valence-corrected chi connectivity index (χ1v) is 8.51. The molecule has 0 spiro atoms. The molecule has 1 aromatic carbocycles. The second-order valence-corrected chi connectivity index (χ2v) is 7.40. The minimum absolute atomic E-state index is 0.0706. The van der Waals surface area contributed by atoms with Gasteiger partial charge in [-0.25, -0.2) is 8.42 Å². The number of rotatable bonds is 5. The topological polar surface area (TPSA) is 55.4 Å². The molecule has 1 aliphatic rings. The van der Waals surface area contributed by atoms with Crippen LogP contribution >= 0.6 is 0 Å². The van der Waals surface area contributed by atoms with E-state index >= 15 is 0 Å². The molecule has 0 aliphatic heterocycles. The van der Waals surface area contributed by atoms with Gasteiger partial charge in [0.15, 0.2) is 9.84 Å². The maximum absolute atomic E-state index is 11.7. The molecule has 1 fully saturated rings. The summed E-state index contributed by atoms with van der Waals surface area (Å²) < 4.78 is 28.6. The standard InChI is InChI=1S/C14H21NO3S/c1-18-12-6-3-5-11(9-12)10-15-13-7-4-8-14(13)19(2,16)17/h3,5-6,9,13-15H,4,7-8,10H2,1-2H3. The molecule has 2 rings (SSSR count). The largest absolute Gasteiger partial charge is 0.497 e. The van der Waals surface area contributed by atoms with Gasteiger partial charge in [-0.15, -0.1) is 0 Å². The molecule has 4 nitrogen and oxygen atoms in total. The van der Waals surface area contributed by atoms with Crippen LogP contribution < -0.4 is 10.1 Å². The van der Waals surface area contributed by atoms with E-state index in [9.17, 15) is 8.42 Å². The number of nitrogens with one attached hydrogen (secondary N) is 1. The Hall–Kier alpha value is -1.07. The van der Waals surface area contributed by atoms with E-state index in [0.717, 1.165) is 30.6 Å². The summed E-state index contributed by atoms with van der Waals surface area (Å²) in [6, 6.07) is 7.90. The summed E-state index contributed by atoms with van der Waals surface area (Å²) in [7, 11) is -1.31. The van der Waals surface area contributed by atoms with Crippen molar-refractivity contribution in [3.63, 3.8) is 0 Å². The Labute approximate surface area is 115 Å². The maximum atomic E-state index is 11.7. The van der Waals surface area contributed by atoms with Crippen molar-refractivity contribution in [3.05, 3.63) is 29.8 Å². The normalized spacial score (nSPS) is 23.5. The van der Waals surface area contributed by atoms with E-state index in [2.05, 4.69) is 5.32 Å². The van der Waals surface area contributed by atoms with Crippen molar-refractivity contribution >= 4 is 9.84 Å². The molecular weight excluding hydrogens is 262 g/mol. The van der Waals surface area contributed by atoms with E-state index in [-0.39, 0.29) is 11.3 Å². The molecule has 1 saturated carbocycles. The maximum Gasteiger partial charge on any atom is 0.151 e. The summed E-state index contributed by atoms with van der Waals surface area (Å²) in [5.41, 5.74) is 1.11. The second-order valence-electron chi connectivity index (χ2n) is 5.14. The third-order valence-corrected chi connectivity index (χ3v) is 5.37. The molecule has 1 N–H and O–H groups in total. The number of ether oxygens (including phenoxy) is 1. The number of hydrogen-bond acceptors (Lipinski definition) is 4. The minimum Gasteiger partial charge on any atom is -0.497 e. The van der Waals surface area contributed by atoms with Gasteiger partial charge >= 0.3 is 0 Å². The van der Waals surface area contributed by atoms with Crippen LogP contribution in [0.3, 0.4) is 0 Å². The van der Waals surface area contributed by atoms with Crippen molar-refractivity contribution in [1.82, 2.24) is 5.32 Å². The fourth-order valence-corrected chi connectivity index (χ4v) is 4.13. The summed E-state index contributed by atoms with van der Waals surface area (Å²) >= 11 is 0. The third kappa shape index (κ3) is 3.70. The van der Waals surface area contributed by atoms with Crippen molar-refractivity contribution in [2.45, 2.75) is 37.1 Å². The summed E-state index contributed by atoms with van der Waals surface area (Å²) in [5.74, 6) is 0.824. The van der Waals surface area contributed by atoms with E-state index in [0.29, 0.717) is 6.54 Å². The summed E-state index contributed by atoms with van der Waals surface area (Å²) in [5, 5.41) is 3.13. The molecule has 19 heavy (non-hydrogen) atoms. The van der Waals surface area contributed by atoms with Gasteiger partial charge in [0.25, 0.3) is 0 Å². The van der Waals surface area contributed by atoms with Crippen LogP contribution in [0.5, 0.6) is 5.75 Å². The van der Waals surface area contributed by atoms with Crippen molar-refractivity contribution in [3.8, 4) is 5.75 Å². The SMILES string of the molecule is COc1cccc(CNC2CCCC2S(C)(=O)=O)c1. The fourth-order valence-electron chi connectivity index (χ4n) is 2.70. The third-order valence-electron chi connectivity index (χ3n) is 3.71. The average Bonchev–Trinajstić information content (AvgIpc) is 2.85. The van der Waals surface area contributed by atoms with Crippen LogP contribution in [0.4, 0.5) is 0 Å². The van der Waals surface area contributed by atoms with Gasteiger partial charge in [0.1, 0.15) is 5.75 Å². The Morgan fingerprint density at radius 2 is 2.16 bits per heavy atom. The van der Waals surface area contributed by atoms with E-state index in [1.165, 1.54) is 6.26 Å². The lowest BCUT2D eigenvalue weighted by Gasteiger charge is -2.19. The van der Waals surface area contributed by atoms with Crippen LogP contribution in [0.2, 0.25) is 0 Å². The molecular formula is C14H21NO3S. The smallest absolute Gasteiger partial charge is 0.151 e. The molecule has 2 unspecified atom stereocenters. The van der Waals surface area contributed by atoms with Gasteiger partial charge in [0, 0.05) is 18.8 Å². The number of methoxy groups -OCH3 is 1. The molecule has 0 aromatic heterocycles. The van der Waals surface area contributed by atoms with Gasteiger partial charge in [-0.05, 0) is 30.5 Å². The Kier molecular flexibility index (Phi) is 4.47. The molecule has 2 atom stereocenters. The quantitative estimate of drug-likeness (QED) is 0.894. The molecule has 0 bridgehead atoms. The van der Waals surface area contributed by atoms with Crippen molar-refractivity contribution in [1.29, 1.82) is 0 Å². The Morgan fingerprint density at radius 1 is 1.37 bits per heavy atom. The highest BCUT2D eigenvalue weighted by Gasteiger charge is 2.34. The first-order valence-electron chi connectivity index (χ1n) is 6.56. The molecule has 5 heteroatoms. The average molecular weight is 283 g/mol. The molecule has 1 aromatic rings. The van der Waals surface area contributed by atoms with Crippen molar-refractivity contribution in [2.24, 2.45) is 0 Å². The zero-order valence-corrected chi connectivity index (χ0v) is 12.2. The summed E-state index contributed by atoms with van der Waals surface area (Å²) in [4.78, 5) is 0. The predicted octanol–water partition coefficient (Wildman–Crippen LogP) is 1.75.